The predicted molar refractivity (Wildman–Crippen MR) is 76.5 cm³/mol. The van der Waals surface area contributed by atoms with E-state index >= 15 is 0 Å². The molecule has 0 bridgehead atoms. The number of aromatic nitrogens is 2. The van der Waals surface area contributed by atoms with Gasteiger partial charge in [-0.15, -0.1) is 0 Å². The number of aryl methyl sites for hydroxylation is 1. The van der Waals surface area contributed by atoms with Crippen molar-refractivity contribution in [3.63, 3.8) is 0 Å². The second-order valence-corrected chi connectivity index (χ2v) is 5.42. The highest BCUT2D eigenvalue weighted by Crippen LogP contribution is 2.34. The van der Waals surface area contributed by atoms with Gasteiger partial charge in [0.25, 0.3) is 5.92 Å². The normalized spacial score (nSPS) is 17.7. The lowest BCUT2D eigenvalue weighted by molar-refractivity contribution is -0.0220. The Kier molecular flexibility index (Phi) is 3.38. The van der Waals surface area contributed by atoms with Gasteiger partial charge in [0, 0.05) is 43.9 Å². The van der Waals surface area contributed by atoms with Crippen molar-refractivity contribution < 1.29 is 18.3 Å². The molecule has 8 heteroatoms. The van der Waals surface area contributed by atoms with Crippen molar-refractivity contribution in [3.8, 4) is 5.75 Å². The molecule has 0 aliphatic carbocycles. The van der Waals surface area contributed by atoms with Crippen LogP contribution in [0.1, 0.15) is 18.5 Å². The Labute approximate surface area is 125 Å². The van der Waals surface area contributed by atoms with Gasteiger partial charge < -0.3 is 15.4 Å². The lowest BCUT2D eigenvalue weighted by Crippen LogP contribution is -2.39. The number of hydrogen-bond donors (Lipinski definition) is 1. The molecular formula is C14H16F2N4O2. The summed E-state index contributed by atoms with van der Waals surface area (Å²) in [6.45, 7) is 2.28. The van der Waals surface area contributed by atoms with Crippen molar-refractivity contribution in [2.24, 2.45) is 5.73 Å². The number of alkyl halides is 2. The molecule has 1 saturated heterocycles. The molecule has 1 aliphatic heterocycles. The zero-order valence-corrected chi connectivity index (χ0v) is 12.1. The van der Waals surface area contributed by atoms with Gasteiger partial charge in [0.05, 0.1) is 11.9 Å². The molecule has 22 heavy (non-hydrogen) atoms. The van der Waals surface area contributed by atoms with Crippen molar-refractivity contribution in [3.05, 3.63) is 24.2 Å². The van der Waals surface area contributed by atoms with Crippen molar-refractivity contribution in [2.45, 2.75) is 25.7 Å². The quantitative estimate of drug-likeness (QED) is 0.924. The van der Waals surface area contributed by atoms with E-state index in [1.165, 1.54) is 0 Å². The predicted octanol–water partition coefficient (Wildman–Crippen LogP) is 2.34. The van der Waals surface area contributed by atoms with Crippen LogP contribution in [-0.2, 0) is 0 Å². The molecule has 3 rings (SSSR count). The van der Waals surface area contributed by atoms with E-state index in [-0.39, 0.29) is 31.7 Å². The van der Waals surface area contributed by atoms with Gasteiger partial charge in [-0.25, -0.2) is 18.6 Å². The fraction of sp³-hybridized carbons (Fsp3) is 0.429. The lowest BCUT2D eigenvalue weighted by Gasteiger charge is -2.33. The van der Waals surface area contributed by atoms with Crippen LogP contribution in [0.5, 0.6) is 5.75 Å². The smallest absolute Gasteiger partial charge is 0.409 e. The third-order valence-corrected chi connectivity index (χ3v) is 3.80. The van der Waals surface area contributed by atoms with Crippen LogP contribution in [-0.4, -0.2) is 34.5 Å². The van der Waals surface area contributed by atoms with Crippen LogP contribution < -0.4 is 15.4 Å². The molecule has 1 amide bonds. The maximum absolute atomic E-state index is 13.3. The van der Waals surface area contributed by atoms with E-state index in [0.29, 0.717) is 11.3 Å². The lowest BCUT2D eigenvalue weighted by atomic mass is 10.1. The average molecular weight is 310 g/mol. The number of carbonyl (C=O) groups excluding carboxylic acids is 1. The maximum Gasteiger partial charge on any atom is 0.410 e. The Bertz CT molecular complexity index is 719. The third kappa shape index (κ3) is 2.68. The molecule has 1 aliphatic rings. The minimum atomic E-state index is -2.63. The van der Waals surface area contributed by atoms with Gasteiger partial charge in [-0.1, -0.05) is 0 Å². The highest BCUT2D eigenvalue weighted by atomic mass is 19.3. The third-order valence-electron chi connectivity index (χ3n) is 3.80. The number of nitrogens with two attached hydrogens (primary N) is 1. The number of ether oxygens (including phenoxy) is 1. The molecule has 0 aromatic carbocycles. The minimum absolute atomic E-state index is 0.209. The van der Waals surface area contributed by atoms with E-state index in [9.17, 15) is 13.6 Å². The van der Waals surface area contributed by atoms with Crippen LogP contribution in [0.3, 0.4) is 0 Å². The first kappa shape index (κ1) is 14.6. The van der Waals surface area contributed by atoms with Crippen LogP contribution in [0.2, 0.25) is 0 Å². The zero-order valence-electron chi connectivity index (χ0n) is 12.1. The van der Waals surface area contributed by atoms with Gasteiger partial charge >= 0.3 is 6.09 Å². The summed E-state index contributed by atoms with van der Waals surface area (Å²) in [5.74, 6) is -2.37. The monoisotopic (exact) mass is 310 g/mol. The molecule has 0 saturated carbocycles. The molecule has 0 atom stereocenters. The summed E-state index contributed by atoms with van der Waals surface area (Å²) in [6.07, 6.45) is 1.93. The largest absolute Gasteiger partial charge is 0.410 e. The summed E-state index contributed by atoms with van der Waals surface area (Å²) in [7, 11) is 0. The topological polar surface area (TPSA) is 72.9 Å². The van der Waals surface area contributed by atoms with Gasteiger partial charge in [-0.05, 0) is 6.92 Å². The van der Waals surface area contributed by atoms with E-state index in [2.05, 4.69) is 4.98 Å². The number of pyridine rings is 1. The van der Waals surface area contributed by atoms with E-state index in [0.717, 1.165) is 5.69 Å². The number of hydrogen-bond acceptors (Lipinski definition) is 4. The van der Waals surface area contributed by atoms with Gasteiger partial charge in [-0.2, -0.15) is 0 Å². The highest BCUT2D eigenvalue weighted by molar-refractivity contribution is 5.74. The van der Waals surface area contributed by atoms with Crippen LogP contribution in [0, 0.1) is 6.92 Å². The second kappa shape index (κ2) is 5.11. The number of imidazole rings is 1. The summed E-state index contributed by atoms with van der Waals surface area (Å²) in [6, 6.07) is 1.61. The number of primary amides is 1. The van der Waals surface area contributed by atoms with E-state index in [1.54, 1.807) is 22.9 Å². The van der Waals surface area contributed by atoms with Crippen LogP contribution >= 0.6 is 0 Å². The molecule has 0 spiro atoms. The first-order chi connectivity index (χ1) is 10.4. The van der Waals surface area contributed by atoms with Crippen LogP contribution in [0.25, 0.3) is 5.65 Å². The second-order valence-electron chi connectivity index (χ2n) is 5.42. The first-order valence-corrected chi connectivity index (χ1v) is 6.93. The van der Waals surface area contributed by atoms with Gasteiger partial charge in [0.2, 0.25) is 0 Å². The van der Waals surface area contributed by atoms with Crippen molar-refractivity contribution in [1.29, 1.82) is 0 Å². The van der Waals surface area contributed by atoms with Gasteiger partial charge in [-0.3, -0.25) is 4.40 Å². The summed E-state index contributed by atoms with van der Waals surface area (Å²) >= 11 is 0. The number of carbonyl (C=O) groups is 1. The zero-order chi connectivity index (χ0) is 15.9. The molecular weight excluding hydrogens is 294 g/mol. The molecule has 1 fully saturated rings. The van der Waals surface area contributed by atoms with E-state index in [1.807, 2.05) is 11.8 Å². The Morgan fingerprint density at radius 2 is 2.09 bits per heavy atom. The molecule has 2 aromatic rings. The molecule has 3 heterocycles. The minimum Gasteiger partial charge on any atom is -0.409 e. The summed E-state index contributed by atoms with van der Waals surface area (Å²) in [5, 5.41) is 0. The summed E-state index contributed by atoms with van der Waals surface area (Å²) in [5.41, 5.74) is 7.18. The fourth-order valence-corrected chi connectivity index (χ4v) is 2.64. The van der Waals surface area contributed by atoms with Gasteiger partial charge in [0.1, 0.15) is 0 Å². The number of amides is 1. The number of fused-ring (bicyclic) bond motifs is 1. The van der Waals surface area contributed by atoms with Crippen LogP contribution in [0.15, 0.2) is 18.5 Å². The molecule has 0 radical (unpaired) electrons. The first-order valence-electron chi connectivity index (χ1n) is 6.93. The molecule has 0 unspecified atom stereocenters. The fourth-order valence-electron chi connectivity index (χ4n) is 2.64. The van der Waals surface area contributed by atoms with Gasteiger partial charge in [0.15, 0.2) is 11.4 Å². The molecule has 2 N–H and O–H groups in total. The Morgan fingerprint density at radius 3 is 2.73 bits per heavy atom. The number of halogens is 2. The SMILES string of the molecule is Cc1cnc2c(N3CCC(F)(F)CC3)cc(OC(N)=O)cn12. The number of piperidine rings is 1. The van der Waals surface area contributed by atoms with Crippen molar-refractivity contribution >= 4 is 17.4 Å². The number of rotatable bonds is 2. The molecule has 2 aromatic heterocycles. The number of nitrogens with zero attached hydrogens (tertiary/aromatic N) is 3. The molecule has 6 nitrogen and oxygen atoms in total. The highest BCUT2D eigenvalue weighted by Gasteiger charge is 2.34. The van der Waals surface area contributed by atoms with E-state index in [4.69, 9.17) is 10.5 Å². The summed E-state index contributed by atoms with van der Waals surface area (Å²) in [4.78, 5) is 17.1. The maximum atomic E-state index is 13.3. The number of anilines is 1. The summed E-state index contributed by atoms with van der Waals surface area (Å²) < 4.78 is 33.3. The average Bonchev–Trinajstić information content (AvgIpc) is 2.79. The van der Waals surface area contributed by atoms with E-state index < -0.39 is 12.0 Å². The Morgan fingerprint density at radius 1 is 1.41 bits per heavy atom. The van der Waals surface area contributed by atoms with Crippen LogP contribution in [0.4, 0.5) is 19.3 Å². The standard InChI is InChI=1S/C14H16F2N4O2/c1-9-7-18-12-11(19-4-2-14(15,16)3-5-19)6-10(8-20(9)12)22-13(17)21/h6-8H,2-5H2,1H3,(H2,17,21). The Hall–Kier alpha value is -2.38. The van der Waals surface area contributed by atoms with Crippen molar-refractivity contribution in [2.75, 3.05) is 18.0 Å². The van der Waals surface area contributed by atoms with Crippen molar-refractivity contribution in [1.82, 2.24) is 9.38 Å². The Balaban J connectivity index is 2.02. The molecule has 118 valence electrons.